The molecule has 0 saturated carbocycles. The molecule has 0 saturated heterocycles. The number of ether oxygens (including phenoxy) is 1. The average Bonchev–Trinajstić information content (AvgIpc) is 2.37. The van der Waals surface area contributed by atoms with E-state index in [1.165, 1.54) is 11.6 Å². The summed E-state index contributed by atoms with van der Waals surface area (Å²) in [6.07, 6.45) is 0. The molecular weight excluding hydrogens is 229 g/mol. The predicted molar refractivity (Wildman–Crippen MR) is 70.4 cm³/mol. The first-order chi connectivity index (χ1) is 8.69. The number of nitrogens with one attached hydrogen (secondary N) is 1. The van der Waals surface area contributed by atoms with Crippen LogP contribution >= 0.6 is 0 Å². The van der Waals surface area contributed by atoms with Crippen molar-refractivity contribution < 1.29 is 9.13 Å². The Kier molecular flexibility index (Phi) is 3.95. The van der Waals surface area contributed by atoms with Gasteiger partial charge in [-0.2, -0.15) is 0 Å². The van der Waals surface area contributed by atoms with Crippen molar-refractivity contribution in [3.05, 3.63) is 59.4 Å². The fraction of sp³-hybridized carbons (Fsp3) is 0.200. The van der Waals surface area contributed by atoms with Crippen LogP contribution in [0.5, 0.6) is 11.5 Å². The average molecular weight is 245 g/mol. The maximum atomic E-state index is 13.1. The molecule has 0 bridgehead atoms. The van der Waals surface area contributed by atoms with Gasteiger partial charge in [0.1, 0.15) is 17.3 Å². The van der Waals surface area contributed by atoms with Crippen molar-refractivity contribution in [1.82, 2.24) is 5.32 Å². The molecular formula is C15H16FNO. The number of aryl methyl sites for hydroxylation is 1. The predicted octanol–water partition coefficient (Wildman–Crippen LogP) is 3.65. The Hall–Kier alpha value is -1.87. The zero-order chi connectivity index (χ0) is 13.0. The maximum Gasteiger partial charge on any atom is 0.127 e. The highest BCUT2D eigenvalue weighted by atomic mass is 19.1. The summed E-state index contributed by atoms with van der Waals surface area (Å²) in [6.45, 7) is 2.55. The van der Waals surface area contributed by atoms with Gasteiger partial charge >= 0.3 is 0 Å². The minimum absolute atomic E-state index is 0.216. The minimum atomic E-state index is -0.216. The van der Waals surface area contributed by atoms with Crippen molar-refractivity contribution >= 4 is 0 Å². The number of hydrogen-bond acceptors (Lipinski definition) is 2. The van der Waals surface area contributed by atoms with Crippen LogP contribution in [-0.4, -0.2) is 7.05 Å². The van der Waals surface area contributed by atoms with E-state index in [1.807, 2.05) is 31.3 Å². The molecule has 3 heteroatoms. The molecule has 0 heterocycles. The summed E-state index contributed by atoms with van der Waals surface area (Å²) in [5.41, 5.74) is 1.78. The summed E-state index contributed by atoms with van der Waals surface area (Å²) in [4.78, 5) is 0. The first-order valence-electron chi connectivity index (χ1n) is 5.86. The summed E-state index contributed by atoms with van der Waals surface area (Å²) in [5, 5.41) is 3.08. The molecule has 0 radical (unpaired) electrons. The van der Waals surface area contributed by atoms with Gasteiger partial charge in [-0.25, -0.2) is 4.39 Å². The van der Waals surface area contributed by atoms with Crippen molar-refractivity contribution in [3.63, 3.8) is 0 Å². The molecule has 0 fully saturated rings. The molecule has 0 aromatic heterocycles. The van der Waals surface area contributed by atoms with Gasteiger partial charge in [-0.05, 0) is 55.4 Å². The van der Waals surface area contributed by atoms with Crippen LogP contribution in [0.15, 0.2) is 42.5 Å². The van der Waals surface area contributed by atoms with Crippen molar-refractivity contribution in [2.45, 2.75) is 13.5 Å². The molecule has 2 aromatic rings. The van der Waals surface area contributed by atoms with Gasteiger partial charge in [0.25, 0.3) is 0 Å². The van der Waals surface area contributed by atoms with Crippen LogP contribution in [0.25, 0.3) is 0 Å². The van der Waals surface area contributed by atoms with Crippen LogP contribution in [0.4, 0.5) is 4.39 Å². The summed E-state index contributed by atoms with van der Waals surface area (Å²) in [6, 6.07) is 12.6. The second-order valence-electron chi connectivity index (χ2n) is 4.19. The Labute approximate surface area is 106 Å². The number of halogens is 1. The van der Waals surface area contributed by atoms with Crippen LogP contribution in [0.3, 0.4) is 0 Å². The lowest BCUT2D eigenvalue weighted by atomic mass is 10.2. The second-order valence-corrected chi connectivity index (χ2v) is 4.19. The van der Waals surface area contributed by atoms with E-state index < -0.39 is 0 Å². The van der Waals surface area contributed by atoms with E-state index in [1.54, 1.807) is 19.1 Å². The van der Waals surface area contributed by atoms with E-state index >= 15 is 0 Å². The normalized spacial score (nSPS) is 10.4. The van der Waals surface area contributed by atoms with Crippen LogP contribution in [0, 0.1) is 12.7 Å². The molecule has 0 aliphatic carbocycles. The molecule has 0 amide bonds. The van der Waals surface area contributed by atoms with E-state index in [0.29, 0.717) is 11.3 Å². The number of rotatable bonds is 4. The molecule has 1 N–H and O–H groups in total. The number of hydrogen-bond donors (Lipinski definition) is 1. The van der Waals surface area contributed by atoms with Crippen molar-refractivity contribution in [2.24, 2.45) is 0 Å². The van der Waals surface area contributed by atoms with Crippen LogP contribution in [0.2, 0.25) is 0 Å². The lowest BCUT2D eigenvalue weighted by Crippen LogP contribution is -2.04. The first kappa shape index (κ1) is 12.6. The van der Waals surface area contributed by atoms with Gasteiger partial charge in [-0.3, -0.25) is 0 Å². The van der Waals surface area contributed by atoms with Crippen molar-refractivity contribution in [3.8, 4) is 11.5 Å². The standard InChI is InChI=1S/C15H16FNO/c1-11-9-14(7-8-15(11)16)18-13-5-3-12(4-6-13)10-17-2/h3-9,17H,10H2,1-2H3. The van der Waals surface area contributed by atoms with Gasteiger partial charge in [0.15, 0.2) is 0 Å². The maximum absolute atomic E-state index is 13.1. The molecule has 2 nitrogen and oxygen atoms in total. The molecule has 2 aromatic carbocycles. The van der Waals surface area contributed by atoms with E-state index in [9.17, 15) is 4.39 Å². The smallest absolute Gasteiger partial charge is 0.127 e. The topological polar surface area (TPSA) is 21.3 Å². The fourth-order valence-electron chi connectivity index (χ4n) is 1.70. The Morgan fingerprint density at radius 3 is 2.33 bits per heavy atom. The Bertz CT molecular complexity index is 523. The third-order valence-electron chi connectivity index (χ3n) is 2.67. The van der Waals surface area contributed by atoms with Crippen molar-refractivity contribution in [2.75, 3.05) is 7.05 Å². The Balaban J connectivity index is 2.10. The monoisotopic (exact) mass is 245 g/mol. The second kappa shape index (κ2) is 5.65. The molecule has 0 aliphatic rings. The molecule has 0 aliphatic heterocycles. The van der Waals surface area contributed by atoms with E-state index in [-0.39, 0.29) is 5.82 Å². The Morgan fingerprint density at radius 1 is 1.06 bits per heavy atom. The molecule has 94 valence electrons. The molecule has 0 spiro atoms. The lowest BCUT2D eigenvalue weighted by Gasteiger charge is -2.07. The third kappa shape index (κ3) is 3.08. The quantitative estimate of drug-likeness (QED) is 0.887. The van der Waals surface area contributed by atoms with Gasteiger partial charge < -0.3 is 10.1 Å². The molecule has 0 atom stereocenters. The zero-order valence-corrected chi connectivity index (χ0v) is 10.5. The first-order valence-corrected chi connectivity index (χ1v) is 5.86. The van der Waals surface area contributed by atoms with Gasteiger partial charge in [-0.1, -0.05) is 12.1 Å². The summed E-state index contributed by atoms with van der Waals surface area (Å²) in [7, 11) is 1.91. The third-order valence-corrected chi connectivity index (χ3v) is 2.67. The highest BCUT2D eigenvalue weighted by Gasteiger charge is 2.01. The van der Waals surface area contributed by atoms with E-state index in [4.69, 9.17) is 4.74 Å². The minimum Gasteiger partial charge on any atom is -0.457 e. The SMILES string of the molecule is CNCc1ccc(Oc2ccc(F)c(C)c2)cc1. The van der Waals surface area contributed by atoms with Crippen LogP contribution in [0.1, 0.15) is 11.1 Å². The van der Waals surface area contributed by atoms with Crippen LogP contribution in [-0.2, 0) is 6.54 Å². The van der Waals surface area contributed by atoms with Gasteiger partial charge in [0.05, 0.1) is 0 Å². The van der Waals surface area contributed by atoms with Crippen LogP contribution < -0.4 is 10.1 Å². The van der Waals surface area contributed by atoms with Crippen molar-refractivity contribution in [1.29, 1.82) is 0 Å². The van der Waals surface area contributed by atoms with E-state index in [0.717, 1.165) is 12.3 Å². The van der Waals surface area contributed by atoms with E-state index in [2.05, 4.69) is 5.32 Å². The molecule has 0 unspecified atom stereocenters. The highest BCUT2D eigenvalue weighted by molar-refractivity contribution is 5.35. The zero-order valence-electron chi connectivity index (χ0n) is 10.5. The summed E-state index contributed by atoms with van der Waals surface area (Å²) >= 11 is 0. The van der Waals surface area contributed by atoms with Gasteiger partial charge in [0, 0.05) is 6.54 Å². The lowest BCUT2D eigenvalue weighted by molar-refractivity contribution is 0.479. The summed E-state index contributed by atoms with van der Waals surface area (Å²) < 4.78 is 18.8. The molecule has 2 rings (SSSR count). The van der Waals surface area contributed by atoms with Gasteiger partial charge in [0.2, 0.25) is 0 Å². The Morgan fingerprint density at radius 2 is 1.72 bits per heavy atom. The molecule has 18 heavy (non-hydrogen) atoms. The largest absolute Gasteiger partial charge is 0.457 e. The summed E-state index contributed by atoms with van der Waals surface area (Å²) in [5.74, 6) is 1.18. The number of benzene rings is 2. The fourth-order valence-corrected chi connectivity index (χ4v) is 1.70. The highest BCUT2D eigenvalue weighted by Crippen LogP contribution is 2.23. The van der Waals surface area contributed by atoms with Gasteiger partial charge in [-0.15, -0.1) is 0 Å².